The number of alkyl halides is 3. The Bertz CT molecular complexity index is 1560. The number of rotatable bonds is 4. The predicted octanol–water partition coefficient (Wildman–Crippen LogP) is 5.97. The van der Waals surface area contributed by atoms with Gasteiger partial charge in [-0.05, 0) is 48.5 Å². The topological polar surface area (TPSA) is 52.7 Å². The van der Waals surface area contributed by atoms with Gasteiger partial charge in [0.05, 0.1) is 29.0 Å². The van der Waals surface area contributed by atoms with Crippen molar-refractivity contribution in [2.75, 3.05) is 0 Å². The third-order valence-corrected chi connectivity index (χ3v) is 5.61. The maximum Gasteiger partial charge on any atom is 0.416 e. The van der Waals surface area contributed by atoms with Crippen LogP contribution in [0, 0.1) is 0 Å². The van der Waals surface area contributed by atoms with Crippen LogP contribution in [0.5, 0.6) is 0 Å². The second-order valence-corrected chi connectivity index (χ2v) is 8.04. The predicted molar refractivity (Wildman–Crippen MR) is 124 cm³/mol. The Morgan fingerprint density at radius 3 is 2.38 bits per heavy atom. The number of pyridine rings is 2. The van der Waals surface area contributed by atoms with Crippen molar-refractivity contribution in [1.29, 1.82) is 0 Å². The van der Waals surface area contributed by atoms with Crippen molar-refractivity contribution in [2.24, 2.45) is 0 Å². The Morgan fingerprint density at radius 1 is 0.912 bits per heavy atom. The van der Waals surface area contributed by atoms with Crippen LogP contribution >= 0.6 is 11.6 Å². The number of halogens is 4. The first-order chi connectivity index (χ1) is 16.3. The molecular formula is C25H16ClF3N4O. The molecule has 9 heteroatoms. The van der Waals surface area contributed by atoms with Crippen molar-refractivity contribution >= 4 is 22.5 Å². The molecular weight excluding hydrogens is 465 g/mol. The first kappa shape index (κ1) is 21.9. The van der Waals surface area contributed by atoms with Crippen molar-refractivity contribution in [1.82, 2.24) is 19.3 Å². The third-order valence-electron chi connectivity index (χ3n) is 5.40. The summed E-state index contributed by atoms with van der Waals surface area (Å²) in [5.74, 6) is 0. The molecule has 0 radical (unpaired) electrons. The highest BCUT2D eigenvalue weighted by Crippen LogP contribution is 2.32. The minimum Gasteiger partial charge on any atom is -0.309 e. The highest BCUT2D eigenvalue weighted by atomic mass is 35.5. The van der Waals surface area contributed by atoms with Crippen molar-refractivity contribution in [3.8, 4) is 16.9 Å². The molecule has 34 heavy (non-hydrogen) atoms. The molecule has 0 atom stereocenters. The zero-order valence-electron chi connectivity index (χ0n) is 17.5. The molecule has 3 aromatic heterocycles. The Labute approximate surface area is 196 Å². The lowest BCUT2D eigenvalue weighted by Crippen LogP contribution is -2.19. The molecule has 0 N–H and O–H groups in total. The van der Waals surface area contributed by atoms with Crippen LogP contribution < -0.4 is 5.56 Å². The van der Waals surface area contributed by atoms with Gasteiger partial charge in [0.1, 0.15) is 10.8 Å². The van der Waals surface area contributed by atoms with Crippen molar-refractivity contribution in [3.05, 3.63) is 112 Å². The largest absolute Gasteiger partial charge is 0.416 e. The lowest BCUT2D eigenvalue weighted by Gasteiger charge is -2.08. The Balaban J connectivity index is 1.55. The summed E-state index contributed by atoms with van der Waals surface area (Å²) < 4.78 is 42.0. The summed E-state index contributed by atoms with van der Waals surface area (Å²) in [5, 5.41) is 5.77. The summed E-state index contributed by atoms with van der Waals surface area (Å²) in [4.78, 5) is 17.0. The van der Waals surface area contributed by atoms with E-state index < -0.39 is 11.7 Å². The van der Waals surface area contributed by atoms with Crippen LogP contribution in [0.15, 0.2) is 89.9 Å². The number of para-hydroxylation sites is 1. The molecule has 0 fully saturated rings. The first-order valence-corrected chi connectivity index (χ1v) is 10.6. The number of hydrogen-bond donors (Lipinski definition) is 0. The lowest BCUT2D eigenvalue weighted by molar-refractivity contribution is -0.137. The van der Waals surface area contributed by atoms with Gasteiger partial charge in [-0.15, -0.1) is 0 Å². The fraction of sp³-hybridized carbons (Fsp3) is 0.0800. The normalized spacial score (nSPS) is 11.8. The summed E-state index contributed by atoms with van der Waals surface area (Å²) in [6, 6.07) is 20.6. The molecule has 0 saturated carbocycles. The summed E-state index contributed by atoms with van der Waals surface area (Å²) in [6.45, 7) is 0.264. The molecule has 0 unspecified atom stereocenters. The third kappa shape index (κ3) is 4.20. The monoisotopic (exact) mass is 480 g/mol. The van der Waals surface area contributed by atoms with Crippen LogP contribution in [-0.2, 0) is 12.7 Å². The Morgan fingerprint density at radius 2 is 1.68 bits per heavy atom. The van der Waals surface area contributed by atoms with E-state index in [0.717, 1.165) is 17.5 Å². The van der Waals surface area contributed by atoms with Crippen LogP contribution in [0.2, 0.25) is 5.15 Å². The molecule has 5 rings (SSSR count). The minimum absolute atomic E-state index is 0.243. The van der Waals surface area contributed by atoms with E-state index in [-0.39, 0.29) is 12.1 Å². The molecule has 0 amide bonds. The number of nitrogens with zero attached hydrogens (tertiary/aromatic N) is 4. The van der Waals surface area contributed by atoms with Gasteiger partial charge >= 0.3 is 6.18 Å². The van der Waals surface area contributed by atoms with E-state index in [1.165, 1.54) is 22.8 Å². The van der Waals surface area contributed by atoms with E-state index in [0.29, 0.717) is 33.3 Å². The minimum atomic E-state index is -4.42. The highest BCUT2D eigenvalue weighted by molar-refractivity contribution is 6.29. The number of aromatic nitrogens is 4. The molecule has 5 aromatic rings. The lowest BCUT2D eigenvalue weighted by atomic mass is 10.1. The van der Waals surface area contributed by atoms with Gasteiger partial charge in [-0.25, -0.2) is 9.67 Å². The van der Waals surface area contributed by atoms with Crippen LogP contribution in [0.3, 0.4) is 0 Å². The van der Waals surface area contributed by atoms with Crippen LogP contribution in [-0.4, -0.2) is 19.3 Å². The quantitative estimate of drug-likeness (QED) is 0.298. The molecule has 170 valence electrons. The second-order valence-electron chi connectivity index (χ2n) is 7.66. The molecule has 0 aliphatic carbocycles. The van der Waals surface area contributed by atoms with E-state index in [2.05, 4.69) is 10.1 Å². The van der Waals surface area contributed by atoms with E-state index in [1.807, 2.05) is 24.3 Å². The SMILES string of the molecule is O=c1cc(-c2nn(-c3ccc(C(F)(F)F)cc3)c3ccccc23)ccn1Cc1cccc(Cl)n1. The first-order valence-electron chi connectivity index (χ1n) is 10.3. The van der Waals surface area contributed by atoms with Crippen LogP contribution in [0.25, 0.3) is 27.8 Å². The molecule has 3 heterocycles. The van der Waals surface area contributed by atoms with E-state index in [4.69, 9.17) is 11.6 Å². The number of benzene rings is 2. The maximum absolute atomic E-state index is 13.0. The summed E-state index contributed by atoms with van der Waals surface area (Å²) in [5.41, 5.74) is 2.03. The smallest absolute Gasteiger partial charge is 0.309 e. The van der Waals surface area contributed by atoms with Crippen molar-refractivity contribution < 1.29 is 13.2 Å². The van der Waals surface area contributed by atoms with Gasteiger partial charge in [-0.1, -0.05) is 35.9 Å². The van der Waals surface area contributed by atoms with Gasteiger partial charge in [-0.3, -0.25) is 4.79 Å². The fourth-order valence-corrected chi connectivity index (χ4v) is 3.95. The average Bonchev–Trinajstić information content (AvgIpc) is 3.20. The molecule has 0 bridgehead atoms. The number of hydrogen-bond acceptors (Lipinski definition) is 3. The Kier molecular flexibility index (Phi) is 5.45. The maximum atomic E-state index is 13.0. The van der Waals surface area contributed by atoms with Gasteiger partial charge in [0.2, 0.25) is 0 Å². The van der Waals surface area contributed by atoms with Gasteiger partial charge < -0.3 is 4.57 Å². The highest BCUT2D eigenvalue weighted by Gasteiger charge is 2.30. The van der Waals surface area contributed by atoms with E-state index in [1.54, 1.807) is 35.1 Å². The summed E-state index contributed by atoms with van der Waals surface area (Å²) in [7, 11) is 0. The van der Waals surface area contributed by atoms with Gasteiger partial charge in [0.15, 0.2) is 0 Å². The Hall–Kier alpha value is -3.91. The molecule has 5 nitrogen and oxygen atoms in total. The van der Waals surface area contributed by atoms with Crippen LogP contribution in [0.4, 0.5) is 13.2 Å². The van der Waals surface area contributed by atoms with Gasteiger partial charge in [-0.2, -0.15) is 18.3 Å². The standard InChI is InChI=1S/C25H16ClF3N4O/c26-22-7-3-4-18(30-22)15-32-13-12-16(14-23(32)34)24-20-5-1-2-6-21(20)33(31-24)19-10-8-17(9-11-19)25(27,28)29/h1-14H,15H2. The molecule has 0 aliphatic rings. The average molecular weight is 481 g/mol. The molecule has 2 aromatic carbocycles. The second kappa shape index (κ2) is 8.46. The van der Waals surface area contributed by atoms with Gasteiger partial charge in [0, 0.05) is 23.2 Å². The van der Waals surface area contributed by atoms with E-state index >= 15 is 0 Å². The van der Waals surface area contributed by atoms with Gasteiger partial charge in [0.25, 0.3) is 5.56 Å². The fourth-order valence-electron chi connectivity index (χ4n) is 3.77. The van der Waals surface area contributed by atoms with Crippen LogP contribution in [0.1, 0.15) is 11.3 Å². The van der Waals surface area contributed by atoms with Crippen molar-refractivity contribution in [3.63, 3.8) is 0 Å². The zero-order chi connectivity index (χ0) is 23.9. The molecule has 0 spiro atoms. The van der Waals surface area contributed by atoms with E-state index in [9.17, 15) is 18.0 Å². The summed E-state index contributed by atoms with van der Waals surface area (Å²) >= 11 is 5.93. The number of fused-ring (bicyclic) bond motifs is 1. The molecule has 0 aliphatic heterocycles. The molecule has 0 saturated heterocycles. The zero-order valence-corrected chi connectivity index (χ0v) is 18.3. The van der Waals surface area contributed by atoms with Crippen molar-refractivity contribution in [2.45, 2.75) is 12.7 Å². The summed E-state index contributed by atoms with van der Waals surface area (Å²) in [6.07, 6.45) is -2.76.